The first kappa shape index (κ1) is 27.8. The molecule has 0 saturated heterocycles. The van der Waals surface area contributed by atoms with Gasteiger partial charge in [0.25, 0.3) is 0 Å². The molecule has 44 heavy (non-hydrogen) atoms. The summed E-state index contributed by atoms with van der Waals surface area (Å²) in [5, 5.41) is 0. The highest BCUT2D eigenvalue weighted by Crippen LogP contribution is 2.49. The Morgan fingerprint density at radius 3 is 2.55 bits per heavy atom. The lowest BCUT2D eigenvalue weighted by molar-refractivity contribution is -0.0771. The molecule has 0 amide bonds. The molecule has 3 heterocycles. The molecule has 1 atom stereocenters. The summed E-state index contributed by atoms with van der Waals surface area (Å²) in [6.45, 7) is 4.37. The fraction of sp³-hybridized carbons (Fsp3) is 0.229. The van der Waals surface area contributed by atoms with Gasteiger partial charge in [-0.3, -0.25) is 4.79 Å². The second-order valence-electron chi connectivity index (χ2n) is 11.2. The van der Waals surface area contributed by atoms with Crippen LogP contribution in [0.4, 0.5) is 4.39 Å². The van der Waals surface area contributed by atoms with Crippen LogP contribution in [0.25, 0.3) is 33.2 Å². The highest BCUT2D eigenvalue weighted by molar-refractivity contribution is 5.97. The van der Waals surface area contributed by atoms with Gasteiger partial charge in [-0.1, -0.05) is 36.4 Å². The molecule has 6 aromatic rings. The molecule has 2 aromatic heterocycles. The van der Waals surface area contributed by atoms with Gasteiger partial charge in [-0.15, -0.1) is 0 Å². The van der Waals surface area contributed by atoms with Gasteiger partial charge < -0.3 is 23.3 Å². The number of para-hydroxylation sites is 3. The molecule has 7 rings (SSSR count). The first-order chi connectivity index (χ1) is 21.3. The van der Waals surface area contributed by atoms with Crippen molar-refractivity contribution in [3.05, 3.63) is 107 Å². The van der Waals surface area contributed by atoms with Gasteiger partial charge in [-0.25, -0.2) is 14.4 Å². The SMILES string of the molecule is COCCn1c(Cc2ccc(-c3cccc4c3OC(C)(c3nc5ccccc5n3C)O4)cc2F)nc2ccc(C(C)=O)cc21. The molecule has 0 bridgehead atoms. The summed E-state index contributed by atoms with van der Waals surface area (Å²) in [4.78, 5) is 21.6. The van der Waals surface area contributed by atoms with Crippen LogP contribution in [0.5, 0.6) is 11.5 Å². The Bertz CT molecular complexity index is 2080. The molecule has 0 N–H and O–H groups in total. The Balaban J connectivity index is 1.21. The van der Waals surface area contributed by atoms with E-state index in [1.165, 1.54) is 13.0 Å². The number of carbonyl (C=O) groups is 1. The molecule has 8 nitrogen and oxygen atoms in total. The molecule has 0 radical (unpaired) electrons. The number of fused-ring (bicyclic) bond motifs is 3. The molecule has 1 unspecified atom stereocenters. The molecule has 0 spiro atoms. The lowest BCUT2D eigenvalue weighted by Crippen LogP contribution is -2.34. The monoisotopic (exact) mass is 590 g/mol. The van der Waals surface area contributed by atoms with Crippen LogP contribution in [0.2, 0.25) is 0 Å². The van der Waals surface area contributed by atoms with Crippen LogP contribution in [0.1, 0.15) is 41.4 Å². The summed E-state index contributed by atoms with van der Waals surface area (Å²) in [6.07, 6.45) is 0.275. The Morgan fingerprint density at radius 2 is 1.77 bits per heavy atom. The predicted octanol–water partition coefficient (Wildman–Crippen LogP) is 6.81. The van der Waals surface area contributed by atoms with Crippen molar-refractivity contribution in [3.63, 3.8) is 0 Å². The van der Waals surface area contributed by atoms with E-state index in [-0.39, 0.29) is 18.0 Å². The van der Waals surface area contributed by atoms with Crippen LogP contribution < -0.4 is 9.47 Å². The maximum atomic E-state index is 15.8. The number of methoxy groups -OCH3 is 1. The Hall–Kier alpha value is -5.02. The van der Waals surface area contributed by atoms with Crippen molar-refractivity contribution >= 4 is 27.9 Å². The lowest BCUT2D eigenvalue weighted by atomic mass is 10.0. The smallest absolute Gasteiger partial charge is 0.308 e. The van der Waals surface area contributed by atoms with Crippen molar-refractivity contribution in [3.8, 4) is 22.6 Å². The predicted molar refractivity (Wildman–Crippen MR) is 166 cm³/mol. The van der Waals surface area contributed by atoms with E-state index in [0.29, 0.717) is 53.0 Å². The number of hydrogen-bond donors (Lipinski definition) is 0. The zero-order valence-electron chi connectivity index (χ0n) is 24.9. The molecule has 4 aromatic carbocycles. The minimum Gasteiger partial charge on any atom is -0.442 e. The van der Waals surface area contributed by atoms with Gasteiger partial charge in [0, 0.05) is 45.2 Å². The lowest BCUT2D eigenvalue weighted by Gasteiger charge is -2.22. The molecule has 0 aliphatic carbocycles. The minimum absolute atomic E-state index is 0.0231. The number of rotatable bonds is 8. The van der Waals surface area contributed by atoms with E-state index in [2.05, 4.69) is 0 Å². The van der Waals surface area contributed by atoms with Crippen LogP contribution >= 0.6 is 0 Å². The third-order valence-electron chi connectivity index (χ3n) is 8.24. The second kappa shape index (κ2) is 10.6. The number of benzene rings is 4. The zero-order chi connectivity index (χ0) is 30.6. The summed E-state index contributed by atoms with van der Waals surface area (Å²) in [5.74, 6) is 0.898. The Kier molecular flexibility index (Phi) is 6.70. The van der Waals surface area contributed by atoms with Crippen molar-refractivity contribution < 1.29 is 23.4 Å². The third kappa shape index (κ3) is 4.60. The van der Waals surface area contributed by atoms with Gasteiger partial charge in [0.2, 0.25) is 0 Å². The Labute approximate surface area is 253 Å². The van der Waals surface area contributed by atoms with Crippen molar-refractivity contribution in [2.45, 2.75) is 32.6 Å². The largest absolute Gasteiger partial charge is 0.442 e. The summed E-state index contributed by atoms with van der Waals surface area (Å²) in [6, 6.07) is 24.1. The van der Waals surface area contributed by atoms with Crippen LogP contribution in [-0.2, 0) is 30.5 Å². The van der Waals surface area contributed by atoms with Crippen LogP contribution in [0, 0.1) is 5.82 Å². The number of ether oxygens (including phenoxy) is 3. The average molecular weight is 591 g/mol. The standard InChI is InChI=1S/C35H31FN4O4/c1-21(41)22-14-15-28-30(19-22)40(16-17-42-4)32(37-28)20-24-13-12-23(18-26(24)36)25-8-7-11-31-33(25)44-35(2,43-31)34-38-27-9-5-6-10-29(27)39(34)3/h5-15,18-19H,16-17,20H2,1-4H3. The Morgan fingerprint density at radius 1 is 0.955 bits per heavy atom. The van der Waals surface area contributed by atoms with Gasteiger partial charge in [-0.05, 0) is 60.5 Å². The van der Waals surface area contributed by atoms with Crippen LogP contribution in [-0.4, -0.2) is 38.6 Å². The van der Waals surface area contributed by atoms with E-state index in [1.54, 1.807) is 19.2 Å². The van der Waals surface area contributed by atoms with E-state index in [4.69, 9.17) is 24.2 Å². The zero-order valence-corrected chi connectivity index (χ0v) is 24.9. The fourth-order valence-electron chi connectivity index (χ4n) is 5.98. The summed E-state index contributed by atoms with van der Waals surface area (Å²) in [7, 11) is 3.57. The number of nitrogens with zero attached hydrogens (tertiary/aromatic N) is 4. The van der Waals surface area contributed by atoms with E-state index in [9.17, 15) is 4.79 Å². The first-order valence-corrected chi connectivity index (χ1v) is 14.5. The molecular weight excluding hydrogens is 559 g/mol. The van der Waals surface area contributed by atoms with Gasteiger partial charge in [0.1, 0.15) is 11.6 Å². The summed E-state index contributed by atoms with van der Waals surface area (Å²) >= 11 is 0. The third-order valence-corrected chi connectivity index (χ3v) is 8.24. The average Bonchev–Trinajstić information content (AvgIpc) is 3.67. The van der Waals surface area contributed by atoms with Crippen molar-refractivity contribution in [1.29, 1.82) is 0 Å². The number of halogens is 1. The van der Waals surface area contributed by atoms with Gasteiger partial charge >= 0.3 is 5.79 Å². The van der Waals surface area contributed by atoms with Gasteiger partial charge in [0.05, 0.1) is 28.7 Å². The number of hydrogen-bond acceptors (Lipinski definition) is 6. The summed E-state index contributed by atoms with van der Waals surface area (Å²) in [5.41, 5.74) is 5.89. The quantitative estimate of drug-likeness (QED) is 0.181. The molecule has 9 heteroatoms. The minimum atomic E-state index is -1.16. The maximum absolute atomic E-state index is 15.8. The van der Waals surface area contributed by atoms with Crippen LogP contribution in [0.3, 0.4) is 0 Å². The van der Waals surface area contributed by atoms with E-state index < -0.39 is 5.79 Å². The van der Waals surface area contributed by atoms with Crippen LogP contribution in [0.15, 0.2) is 78.9 Å². The van der Waals surface area contributed by atoms with Crippen molar-refractivity contribution in [1.82, 2.24) is 19.1 Å². The number of aryl methyl sites for hydroxylation is 1. The number of Topliss-reactive ketones (excluding diaryl/α,β-unsaturated/α-hetero) is 1. The first-order valence-electron chi connectivity index (χ1n) is 14.5. The second-order valence-corrected chi connectivity index (χ2v) is 11.2. The number of imidazole rings is 2. The molecule has 0 saturated carbocycles. The molecule has 1 aliphatic rings. The maximum Gasteiger partial charge on any atom is 0.308 e. The highest BCUT2D eigenvalue weighted by Gasteiger charge is 2.44. The molecule has 0 fully saturated rings. The molecule has 222 valence electrons. The molecular formula is C35H31FN4O4. The molecule has 1 aliphatic heterocycles. The summed E-state index contributed by atoms with van der Waals surface area (Å²) < 4.78 is 37.9. The van der Waals surface area contributed by atoms with Gasteiger partial charge in [0.15, 0.2) is 23.1 Å². The van der Waals surface area contributed by atoms with Crippen molar-refractivity contribution in [2.75, 3.05) is 13.7 Å². The van der Waals surface area contributed by atoms with E-state index in [1.807, 2.05) is 83.8 Å². The fourth-order valence-corrected chi connectivity index (χ4v) is 5.98. The van der Waals surface area contributed by atoms with E-state index >= 15 is 4.39 Å². The topological polar surface area (TPSA) is 80.4 Å². The number of carbonyl (C=O) groups excluding carboxylic acids is 1. The number of aromatic nitrogens is 4. The normalized spacial score (nSPS) is 15.8. The number of ketones is 1. The van der Waals surface area contributed by atoms with Gasteiger partial charge in [-0.2, -0.15) is 0 Å². The highest BCUT2D eigenvalue weighted by atomic mass is 19.1. The van der Waals surface area contributed by atoms with Crippen molar-refractivity contribution in [2.24, 2.45) is 7.05 Å². The van der Waals surface area contributed by atoms with E-state index in [0.717, 1.165) is 27.6 Å².